The van der Waals surface area contributed by atoms with Crippen molar-refractivity contribution in [3.05, 3.63) is 24.3 Å². The van der Waals surface area contributed by atoms with E-state index in [-0.39, 0.29) is 17.1 Å². The van der Waals surface area contributed by atoms with Crippen LogP contribution in [-0.2, 0) is 9.59 Å². The molecule has 1 unspecified atom stereocenters. The molecule has 1 fully saturated rings. The van der Waals surface area contributed by atoms with Crippen LogP contribution in [0.15, 0.2) is 29.2 Å². The van der Waals surface area contributed by atoms with Crippen LogP contribution >= 0.6 is 11.8 Å². The van der Waals surface area contributed by atoms with Crippen LogP contribution in [-0.4, -0.2) is 48.1 Å². The van der Waals surface area contributed by atoms with E-state index in [2.05, 4.69) is 10.6 Å². The van der Waals surface area contributed by atoms with Gasteiger partial charge in [0.25, 0.3) is 0 Å². The second-order valence-electron chi connectivity index (χ2n) is 5.39. The molecule has 0 aliphatic carbocycles. The van der Waals surface area contributed by atoms with Crippen molar-refractivity contribution in [2.24, 2.45) is 0 Å². The highest BCUT2D eigenvalue weighted by molar-refractivity contribution is 8.00. The Morgan fingerprint density at radius 2 is 1.95 bits per heavy atom. The molecule has 0 saturated carbocycles. The summed E-state index contributed by atoms with van der Waals surface area (Å²) in [4.78, 5) is 26.5. The highest BCUT2D eigenvalue weighted by Crippen LogP contribution is 2.26. The summed E-state index contributed by atoms with van der Waals surface area (Å²) in [6.07, 6.45) is 1.01. The van der Waals surface area contributed by atoms with Gasteiger partial charge in [0.15, 0.2) is 0 Å². The summed E-state index contributed by atoms with van der Waals surface area (Å²) < 4.78 is 0. The van der Waals surface area contributed by atoms with Crippen LogP contribution in [0.4, 0.5) is 5.69 Å². The normalized spacial score (nSPS) is 16.7. The molecule has 6 heteroatoms. The molecule has 2 N–H and O–H groups in total. The monoisotopic (exact) mass is 321 g/mol. The first kappa shape index (κ1) is 16.8. The van der Waals surface area contributed by atoms with E-state index in [1.54, 1.807) is 11.8 Å². The predicted molar refractivity (Wildman–Crippen MR) is 90.1 cm³/mol. The third-order valence-electron chi connectivity index (χ3n) is 3.49. The molecular formula is C16H23N3O2S. The first-order chi connectivity index (χ1) is 10.6. The number of thioether (sulfide) groups is 1. The molecule has 1 aromatic carbocycles. The Bertz CT molecular complexity index is 511. The van der Waals surface area contributed by atoms with Crippen LogP contribution in [0.2, 0.25) is 0 Å². The number of carbonyl (C=O) groups excluding carboxylic acids is 2. The van der Waals surface area contributed by atoms with Crippen molar-refractivity contribution >= 4 is 29.3 Å². The smallest absolute Gasteiger partial charge is 0.235 e. The largest absolute Gasteiger partial charge is 0.340 e. The van der Waals surface area contributed by atoms with Gasteiger partial charge < -0.3 is 15.5 Å². The fourth-order valence-corrected chi connectivity index (χ4v) is 3.35. The van der Waals surface area contributed by atoms with Crippen molar-refractivity contribution in [2.75, 3.05) is 31.5 Å². The summed E-state index contributed by atoms with van der Waals surface area (Å²) in [5.74, 6) is 0.110. The average Bonchev–Trinajstić information content (AvgIpc) is 2.77. The quantitative estimate of drug-likeness (QED) is 0.832. The molecule has 1 aliphatic heterocycles. The Morgan fingerprint density at radius 1 is 1.23 bits per heavy atom. The van der Waals surface area contributed by atoms with Gasteiger partial charge in [-0.25, -0.2) is 0 Å². The second-order valence-corrected chi connectivity index (χ2v) is 6.81. The van der Waals surface area contributed by atoms with E-state index >= 15 is 0 Å². The van der Waals surface area contributed by atoms with E-state index in [0.29, 0.717) is 0 Å². The predicted octanol–water partition coefficient (Wildman–Crippen LogP) is 1.95. The minimum absolute atomic E-state index is 0.0845. The summed E-state index contributed by atoms with van der Waals surface area (Å²) in [5.41, 5.74) is 0.773. The van der Waals surface area contributed by atoms with Crippen molar-refractivity contribution in [2.45, 2.75) is 30.4 Å². The zero-order chi connectivity index (χ0) is 15.9. The van der Waals surface area contributed by atoms with Gasteiger partial charge in [-0.15, -0.1) is 11.8 Å². The molecule has 5 nitrogen and oxygen atoms in total. The van der Waals surface area contributed by atoms with Crippen molar-refractivity contribution in [1.82, 2.24) is 10.2 Å². The molecule has 0 bridgehead atoms. The first-order valence-electron chi connectivity index (χ1n) is 7.60. The number of anilines is 1. The van der Waals surface area contributed by atoms with Crippen LogP contribution < -0.4 is 10.6 Å². The van der Waals surface area contributed by atoms with Crippen LogP contribution in [0.5, 0.6) is 0 Å². The fraction of sp³-hybridized carbons (Fsp3) is 0.500. The first-order valence-corrected chi connectivity index (χ1v) is 8.48. The van der Waals surface area contributed by atoms with E-state index in [1.807, 2.05) is 36.1 Å². The van der Waals surface area contributed by atoms with Crippen LogP contribution in [0.3, 0.4) is 0 Å². The Labute approximate surface area is 135 Å². The van der Waals surface area contributed by atoms with E-state index in [0.717, 1.165) is 43.2 Å². The van der Waals surface area contributed by atoms with E-state index < -0.39 is 0 Å². The van der Waals surface area contributed by atoms with E-state index in [1.165, 1.54) is 6.92 Å². The summed E-state index contributed by atoms with van der Waals surface area (Å²) in [6, 6.07) is 7.58. The molecule has 2 amide bonds. The second kappa shape index (κ2) is 8.19. The third kappa shape index (κ3) is 5.03. The molecule has 120 valence electrons. The molecule has 0 spiro atoms. The number of rotatable bonds is 4. The van der Waals surface area contributed by atoms with Crippen molar-refractivity contribution < 1.29 is 9.59 Å². The van der Waals surface area contributed by atoms with Crippen LogP contribution in [0.1, 0.15) is 20.3 Å². The molecule has 1 aromatic rings. The molecule has 1 heterocycles. The van der Waals surface area contributed by atoms with E-state index in [9.17, 15) is 9.59 Å². The lowest BCUT2D eigenvalue weighted by atomic mass is 10.3. The molecule has 22 heavy (non-hydrogen) atoms. The number of benzene rings is 1. The zero-order valence-corrected chi connectivity index (χ0v) is 13.9. The van der Waals surface area contributed by atoms with Gasteiger partial charge in [-0.05, 0) is 44.2 Å². The molecule has 0 radical (unpaired) electrons. The Morgan fingerprint density at radius 3 is 2.64 bits per heavy atom. The molecular weight excluding hydrogens is 298 g/mol. The maximum Gasteiger partial charge on any atom is 0.235 e. The fourth-order valence-electron chi connectivity index (χ4n) is 2.40. The van der Waals surface area contributed by atoms with Gasteiger partial charge in [0.2, 0.25) is 11.8 Å². The van der Waals surface area contributed by atoms with Gasteiger partial charge in [-0.2, -0.15) is 0 Å². The third-order valence-corrected chi connectivity index (χ3v) is 4.59. The standard InChI is InChI=1S/C16H23N3O2S/c1-12(16(21)19-10-3-8-17-9-11-19)22-15-6-4-14(5-7-15)18-13(2)20/h4-7,12,17H,3,8-11H2,1-2H3,(H,18,20). The lowest BCUT2D eigenvalue weighted by molar-refractivity contribution is -0.130. The van der Waals surface area contributed by atoms with Gasteiger partial charge in [0.1, 0.15) is 0 Å². The van der Waals surface area contributed by atoms with Gasteiger partial charge >= 0.3 is 0 Å². The molecule has 1 atom stereocenters. The summed E-state index contributed by atoms with van der Waals surface area (Å²) in [6.45, 7) is 6.90. The number of nitrogens with zero attached hydrogens (tertiary/aromatic N) is 1. The number of amides is 2. The zero-order valence-electron chi connectivity index (χ0n) is 13.1. The van der Waals surface area contributed by atoms with Crippen LogP contribution in [0.25, 0.3) is 0 Å². The highest BCUT2D eigenvalue weighted by Gasteiger charge is 2.22. The highest BCUT2D eigenvalue weighted by atomic mass is 32.2. The van der Waals surface area contributed by atoms with Crippen molar-refractivity contribution in [3.8, 4) is 0 Å². The number of nitrogens with one attached hydrogen (secondary N) is 2. The minimum atomic E-state index is -0.107. The van der Waals surface area contributed by atoms with Gasteiger partial charge in [0, 0.05) is 37.1 Å². The van der Waals surface area contributed by atoms with Gasteiger partial charge in [-0.3, -0.25) is 9.59 Å². The molecule has 1 aliphatic rings. The Kier molecular flexibility index (Phi) is 6.27. The summed E-state index contributed by atoms with van der Waals surface area (Å²) >= 11 is 1.56. The maximum atomic E-state index is 12.5. The van der Waals surface area contributed by atoms with Crippen molar-refractivity contribution in [3.63, 3.8) is 0 Å². The van der Waals surface area contributed by atoms with E-state index in [4.69, 9.17) is 0 Å². The number of hydrogen-bond acceptors (Lipinski definition) is 4. The van der Waals surface area contributed by atoms with Crippen LogP contribution in [0, 0.1) is 0 Å². The van der Waals surface area contributed by atoms with Crippen molar-refractivity contribution in [1.29, 1.82) is 0 Å². The average molecular weight is 321 g/mol. The lowest BCUT2D eigenvalue weighted by Gasteiger charge is -2.23. The summed E-state index contributed by atoms with van der Waals surface area (Å²) in [7, 11) is 0. The molecule has 2 rings (SSSR count). The lowest BCUT2D eigenvalue weighted by Crippen LogP contribution is -2.38. The Hall–Kier alpha value is -1.53. The Balaban J connectivity index is 1.91. The number of hydrogen-bond donors (Lipinski definition) is 2. The molecule has 1 saturated heterocycles. The SMILES string of the molecule is CC(=O)Nc1ccc(SC(C)C(=O)N2CCCNCC2)cc1. The minimum Gasteiger partial charge on any atom is -0.340 e. The van der Waals surface area contributed by atoms with Gasteiger partial charge in [-0.1, -0.05) is 0 Å². The molecule has 0 aromatic heterocycles. The van der Waals surface area contributed by atoms with Gasteiger partial charge in [0.05, 0.1) is 5.25 Å². The topological polar surface area (TPSA) is 61.4 Å². The number of carbonyl (C=O) groups is 2. The summed E-state index contributed by atoms with van der Waals surface area (Å²) in [5, 5.41) is 5.94. The maximum absolute atomic E-state index is 12.5.